The predicted octanol–water partition coefficient (Wildman–Crippen LogP) is 2.51. The molecule has 2 amide bonds. The van der Waals surface area contributed by atoms with E-state index in [1.54, 1.807) is 30.4 Å². The fraction of sp³-hybridized carbons (Fsp3) is 0.250. The Kier molecular flexibility index (Phi) is 5.31. The number of anilines is 1. The third kappa shape index (κ3) is 4.08. The topological polar surface area (TPSA) is 71.0 Å². The number of carbonyl (C=O) groups is 2. The highest BCUT2D eigenvalue weighted by atomic mass is 16.5. The molecule has 1 fully saturated rings. The van der Waals surface area contributed by atoms with Crippen LogP contribution in [0.3, 0.4) is 0 Å². The van der Waals surface area contributed by atoms with Crippen LogP contribution in [0.2, 0.25) is 0 Å². The van der Waals surface area contributed by atoms with E-state index in [1.165, 1.54) is 0 Å². The lowest BCUT2D eigenvalue weighted by Gasteiger charge is -2.16. The van der Waals surface area contributed by atoms with Crippen molar-refractivity contribution in [1.82, 2.24) is 5.43 Å². The molecule has 1 heterocycles. The number of nitrogens with one attached hydrogen (secondary N) is 1. The Balaban J connectivity index is 1.58. The summed E-state index contributed by atoms with van der Waals surface area (Å²) in [5.41, 5.74) is 5.35. The molecule has 0 bridgehead atoms. The second kappa shape index (κ2) is 7.82. The number of benzene rings is 2. The summed E-state index contributed by atoms with van der Waals surface area (Å²) < 4.78 is 5.12. The molecule has 1 saturated heterocycles. The van der Waals surface area contributed by atoms with E-state index in [2.05, 4.69) is 10.5 Å². The maximum atomic E-state index is 12.3. The molecule has 1 aliphatic rings. The van der Waals surface area contributed by atoms with Crippen LogP contribution in [0.15, 0.2) is 53.6 Å². The summed E-state index contributed by atoms with van der Waals surface area (Å²) in [5.74, 6) is -0.0181. The summed E-state index contributed by atoms with van der Waals surface area (Å²) in [4.78, 5) is 26.2. The van der Waals surface area contributed by atoms with Gasteiger partial charge in [0.05, 0.1) is 19.2 Å². The highest BCUT2D eigenvalue weighted by Gasteiger charge is 2.35. The predicted molar refractivity (Wildman–Crippen MR) is 100 cm³/mol. The van der Waals surface area contributed by atoms with Gasteiger partial charge in [-0.05, 0) is 36.8 Å². The van der Waals surface area contributed by atoms with Gasteiger partial charge in [0.15, 0.2) is 0 Å². The molecule has 1 atom stereocenters. The third-order valence-electron chi connectivity index (χ3n) is 4.35. The first-order valence-electron chi connectivity index (χ1n) is 8.41. The number of hydrogen-bond acceptors (Lipinski definition) is 4. The lowest BCUT2D eigenvalue weighted by molar-refractivity contribution is -0.126. The quantitative estimate of drug-likeness (QED) is 0.665. The van der Waals surface area contributed by atoms with E-state index >= 15 is 0 Å². The molecule has 2 aromatic carbocycles. The summed E-state index contributed by atoms with van der Waals surface area (Å²) >= 11 is 0. The van der Waals surface area contributed by atoms with Crippen LogP contribution in [0.25, 0.3) is 0 Å². The summed E-state index contributed by atoms with van der Waals surface area (Å²) in [6.07, 6.45) is 1.77. The summed E-state index contributed by atoms with van der Waals surface area (Å²) in [7, 11) is 1.59. The molecule has 2 aromatic rings. The van der Waals surface area contributed by atoms with Crippen LogP contribution in [0, 0.1) is 12.8 Å². The number of amides is 2. The molecule has 0 spiro atoms. The number of hydrazone groups is 1. The molecule has 0 aliphatic carbocycles. The number of rotatable bonds is 5. The minimum Gasteiger partial charge on any atom is -0.497 e. The number of hydrogen-bond donors (Lipinski definition) is 1. The van der Waals surface area contributed by atoms with Crippen molar-refractivity contribution >= 4 is 23.7 Å². The molecule has 0 aromatic heterocycles. The van der Waals surface area contributed by atoms with Crippen molar-refractivity contribution in [1.29, 1.82) is 0 Å². The fourth-order valence-electron chi connectivity index (χ4n) is 2.81. The zero-order chi connectivity index (χ0) is 18.5. The fourth-order valence-corrected chi connectivity index (χ4v) is 2.81. The molecule has 6 heteroatoms. The van der Waals surface area contributed by atoms with Gasteiger partial charge in [-0.1, -0.05) is 29.8 Å². The Morgan fingerprint density at radius 3 is 2.54 bits per heavy atom. The Labute approximate surface area is 152 Å². The summed E-state index contributed by atoms with van der Waals surface area (Å²) in [6.45, 7) is 2.35. The molecule has 134 valence electrons. The van der Waals surface area contributed by atoms with Crippen LogP contribution in [-0.4, -0.2) is 31.7 Å². The highest BCUT2D eigenvalue weighted by Crippen LogP contribution is 2.26. The maximum absolute atomic E-state index is 12.3. The van der Waals surface area contributed by atoms with Crippen molar-refractivity contribution in [2.24, 2.45) is 11.0 Å². The highest BCUT2D eigenvalue weighted by molar-refractivity contribution is 6.00. The number of methoxy groups -OCH3 is 1. The third-order valence-corrected chi connectivity index (χ3v) is 4.35. The van der Waals surface area contributed by atoms with Crippen molar-refractivity contribution in [2.45, 2.75) is 13.3 Å². The van der Waals surface area contributed by atoms with Gasteiger partial charge in [0.1, 0.15) is 5.75 Å². The Morgan fingerprint density at radius 2 is 1.88 bits per heavy atom. The van der Waals surface area contributed by atoms with Crippen LogP contribution in [0.1, 0.15) is 17.5 Å². The van der Waals surface area contributed by atoms with Crippen LogP contribution in [0.5, 0.6) is 5.75 Å². The first-order chi connectivity index (χ1) is 12.6. The maximum Gasteiger partial charge on any atom is 0.245 e. The Morgan fingerprint density at radius 1 is 1.19 bits per heavy atom. The molecule has 6 nitrogen and oxygen atoms in total. The van der Waals surface area contributed by atoms with Gasteiger partial charge < -0.3 is 9.64 Å². The Bertz CT molecular complexity index is 813. The average molecular weight is 351 g/mol. The van der Waals surface area contributed by atoms with Gasteiger partial charge in [-0.25, -0.2) is 5.43 Å². The molecular formula is C20H21N3O3. The van der Waals surface area contributed by atoms with Gasteiger partial charge >= 0.3 is 0 Å². The average Bonchev–Trinajstić information content (AvgIpc) is 3.05. The SMILES string of the molecule is COc1ccc(N2C[C@@H](C(=O)N/N=C\c3ccc(C)cc3)CC2=O)cc1. The van der Waals surface area contributed by atoms with E-state index in [4.69, 9.17) is 4.74 Å². The van der Waals surface area contributed by atoms with Crippen molar-refractivity contribution in [3.8, 4) is 5.75 Å². The van der Waals surface area contributed by atoms with Gasteiger partial charge in [-0.15, -0.1) is 0 Å². The standard InChI is InChI=1S/C20H21N3O3/c1-14-3-5-15(6-4-14)12-21-22-20(25)16-11-19(24)23(13-16)17-7-9-18(26-2)10-8-17/h3-10,12,16H,11,13H2,1-2H3,(H,22,25)/b21-12-/t16-/m0/s1. The monoisotopic (exact) mass is 351 g/mol. The molecule has 3 rings (SSSR count). The van der Waals surface area contributed by atoms with Gasteiger partial charge in [0, 0.05) is 18.7 Å². The molecule has 0 radical (unpaired) electrons. The van der Waals surface area contributed by atoms with Crippen LogP contribution in [0.4, 0.5) is 5.69 Å². The van der Waals surface area contributed by atoms with E-state index in [0.29, 0.717) is 6.54 Å². The summed E-state index contributed by atoms with van der Waals surface area (Å²) in [5, 5.41) is 3.99. The number of ether oxygens (including phenoxy) is 1. The van der Waals surface area contributed by atoms with Crippen molar-refractivity contribution in [3.63, 3.8) is 0 Å². The molecule has 0 saturated carbocycles. The van der Waals surface area contributed by atoms with Crippen LogP contribution >= 0.6 is 0 Å². The van der Waals surface area contributed by atoms with E-state index < -0.39 is 5.92 Å². The molecule has 0 unspecified atom stereocenters. The number of carbonyl (C=O) groups excluding carboxylic acids is 2. The van der Waals surface area contributed by atoms with Crippen molar-refractivity contribution in [3.05, 3.63) is 59.7 Å². The Hall–Kier alpha value is -3.15. The minimum atomic E-state index is -0.417. The zero-order valence-corrected chi connectivity index (χ0v) is 14.8. The lowest BCUT2D eigenvalue weighted by atomic mass is 10.1. The normalized spacial score (nSPS) is 16.9. The van der Waals surface area contributed by atoms with E-state index in [9.17, 15) is 9.59 Å². The first-order valence-corrected chi connectivity index (χ1v) is 8.41. The molecular weight excluding hydrogens is 330 g/mol. The van der Waals surface area contributed by atoms with E-state index in [1.807, 2.05) is 43.3 Å². The number of nitrogens with zero attached hydrogens (tertiary/aromatic N) is 2. The van der Waals surface area contributed by atoms with Crippen molar-refractivity contribution in [2.75, 3.05) is 18.6 Å². The van der Waals surface area contributed by atoms with Gasteiger partial charge in [-0.2, -0.15) is 5.10 Å². The smallest absolute Gasteiger partial charge is 0.245 e. The second-order valence-electron chi connectivity index (χ2n) is 6.25. The van der Waals surface area contributed by atoms with Gasteiger partial charge in [0.25, 0.3) is 0 Å². The largest absolute Gasteiger partial charge is 0.497 e. The molecule has 1 aliphatic heterocycles. The van der Waals surface area contributed by atoms with E-state index in [-0.39, 0.29) is 18.2 Å². The number of aryl methyl sites for hydroxylation is 1. The zero-order valence-electron chi connectivity index (χ0n) is 14.8. The minimum absolute atomic E-state index is 0.0715. The van der Waals surface area contributed by atoms with Gasteiger partial charge in [0.2, 0.25) is 11.8 Å². The van der Waals surface area contributed by atoms with Crippen LogP contribution in [-0.2, 0) is 9.59 Å². The van der Waals surface area contributed by atoms with E-state index in [0.717, 1.165) is 22.6 Å². The molecule has 1 N–H and O–H groups in total. The van der Waals surface area contributed by atoms with Crippen molar-refractivity contribution < 1.29 is 14.3 Å². The first kappa shape index (κ1) is 17.7. The summed E-state index contributed by atoms with van der Waals surface area (Å²) in [6, 6.07) is 15.0. The lowest BCUT2D eigenvalue weighted by Crippen LogP contribution is -2.30. The van der Waals surface area contributed by atoms with Crippen LogP contribution < -0.4 is 15.1 Å². The molecule has 26 heavy (non-hydrogen) atoms. The second-order valence-corrected chi connectivity index (χ2v) is 6.25. The van der Waals surface area contributed by atoms with Gasteiger partial charge in [-0.3, -0.25) is 9.59 Å².